The van der Waals surface area contributed by atoms with Gasteiger partial charge < -0.3 is 4.84 Å². The van der Waals surface area contributed by atoms with Crippen LogP contribution in [0.2, 0.25) is 0 Å². The van der Waals surface area contributed by atoms with Crippen LogP contribution in [0.5, 0.6) is 0 Å². The van der Waals surface area contributed by atoms with Crippen molar-refractivity contribution in [3.8, 4) is 0 Å². The minimum Gasteiger partial charge on any atom is -0.315 e. The van der Waals surface area contributed by atoms with Gasteiger partial charge in [0.05, 0.1) is 0 Å². The van der Waals surface area contributed by atoms with Crippen LogP contribution in [0, 0.1) is 0 Å². The molecule has 68 valence electrons. The van der Waals surface area contributed by atoms with Crippen LogP contribution in [-0.4, -0.2) is 22.8 Å². The van der Waals surface area contributed by atoms with Gasteiger partial charge in [-0.25, -0.2) is 4.79 Å². The molecule has 0 rings (SSSR count). The SMILES string of the molecule is CCCC(=O)N(C=O)OC(=O)Cl. The summed E-state index contributed by atoms with van der Waals surface area (Å²) < 4.78 is 0. The standard InChI is InChI=1S/C6H8ClNO4/c1-2-3-5(10)8(4-9)12-6(7)11/h4H,2-3H2,1H3. The number of hydrogen-bond acceptors (Lipinski definition) is 4. The fraction of sp³-hybridized carbons (Fsp3) is 0.500. The summed E-state index contributed by atoms with van der Waals surface area (Å²) in [5, 5.41) is 0.277. The summed E-state index contributed by atoms with van der Waals surface area (Å²) >= 11 is 4.78. The monoisotopic (exact) mass is 193 g/mol. The molecule has 5 nitrogen and oxygen atoms in total. The number of nitrogens with zero attached hydrogens (tertiary/aromatic N) is 1. The van der Waals surface area contributed by atoms with Crippen LogP contribution < -0.4 is 0 Å². The summed E-state index contributed by atoms with van der Waals surface area (Å²) in [7, 11) is 0. The Kier molecular flexibility index (Phi) is 5.03. The van der Waals surface area contributed by atoms with E-state index in [1.54, 1.807) is 6.92 Å². The normalized spacial score (nSPS) is 8.83. The lowest BCUT2D eigenvalue weighted by Crippen LogP contribution is -2.30. The van der Waals surface area contributed by atoms with Crippen molar-refractivity contribution in [3.63, 3.8) is 0 Å². The van der Waals surface area contributed by atoms with Gasteiger partial charge in [0.15, 0.2) is 0 Å². The maximum atomic E-state index is 10.9. The van der Waals surface area contributed by atoms with Crippen LogP contribution in [0.1, 0.15) is 19.8 Å². The number of carbonyl (C=O) groups excluding carboxylic acids is 3. The molecule has 0 atom stereocenters. The Morgan fingerprint density at radius 2 is 2.17 bits per heavy atom. The minimum atomic E-state index is -1.22. The molecule has 6 heteroatoms. The molecule has 0 spiro atoms. The molecular weight excluding hydrogens is 186 g/mol. The quantitative estimate of drug-likeness (QED) is 0.382. The molecule has 2 amide bonds. The Morgan fingerprint density at radius 3 is 2.50 bits per heavy atom. The van der Waals surface area contributed by atoms with Gasteiger partial charge in [0.2, 0.25) is 0 Å². The number of hydroxylamine groups is 2. The number of hydrogen-bond donors (Lipinski definition) is 0. The fourth-order valence-electron chi connectivity index (χ4n) is 0.533. The highest BCUT2D eigenvalue weighted by Crippen LogP contribution is 1.98. The summed E-state index contributed by atoms with van der Waals surface area (Å²) in [5.74, 6) is -0.596. The Hall–Kier alpha value is -1.10. The van der Waals surface area contributed by atoms with E-state index in [4.69, 9.17) is 11.6 Å². The number of imide groups is 1. The lowest BCUT2D eigenvalue weighted by Gasteiger charge is -2.10. The minimum absolute atomic E-state index is 0.0955. The predicted molar refractivity (Wildman–Crippen MR) is 40.2 cm³/mol. The van der Waals surface area contributed by atoms with E-state index in [1.807, 2.05) is 0 Å². The smallest absolute Gasteiger partial charge is 0.315 e. The number of carbonyl (C=O) groups is 3. The number of halogens is 1. The highest BCUT2D eigenvalue weighted by molar-refractivity contribution is 6.61. The van der Waals surface area contributed by atoms with Crippen molar-refractivity contribution in [2.24, 2.45) is 0 Å². The molecule has 0 N–H and O–H groups in total. The van der Waals surface area contributed by atoms with E-state index < -0.39 is 11.3 Å². The van der Waals surface area contributed by atoms with Crippen LogP contribution in [0.25, 0.3) is 0 Å². The molecule has 0 aliphatic heterocycles. The van der Waals surface area contributed by atoms with E-state index in [0.29, 0.717) is 6.42 Å². The first-order valence-corrected chi connectivity index (χ1v) is 3.64. The van der Waals surface area contributed by atoms with E-state index in [-0.39, 0.29) is 17.9 Å². The van der Waals surface area contributed by atoms with Crippen molar-refractivity contribution in [3.05, 3.63) is 0 Å². The fourth-order valence-corrected chi connectivity index (χ4v) is 0.607. The van der Waals surface area contributed by atoms with Crippen LogP contribution in [0.3, 0.4) is 0 Å². The van der Waals surface area contributed by atoms with Gasteiger partial charge in [0.1, 0.15) is 0 Å². The van der Waals surface area contributed by atoms with E-state index >= 15 is 0 Å². The van der Waals surface area contributed by atoms with Crippen molar-refractivity contribution in [1.29, 1.82) is 0 Å². The Labute approximate surface area is 74.2 Å². The zero-order valence-electron chi connectivity index (χ0n) is 6.45. The van der Waals surface area contributed by atoms with Gasteiger partial charge in [-0.1, -0.05) is 6.92 Å². The topological polar surface area (TPSA) is 63.7 Å². The molecule has 0 unspecified atom stereocenters. The maximum Gasteiger partial charge on any atom is 0.428 e. The average molecular weight is 194 g/mol. The van der Waals surface area contributed by atoms with Gasteiger partial charge in [-0.15, -0.1) is 5.06 Å². The predicted octanol–water partition coefficient (Wildman–Crippen LogP) is 1.06. The van der Waals surface area contributed by atoms with Crippen LogP contribution in [0.15, 0.2) is 0 Å². The summed E-state index contributed by atoms with van der Waals surface area (Å²) in [6.45, 7) is 1.75. The van der Waals surface area contributed by atoms with E-state index in [2.05, 4.69) is 4.84 Å². The molecule has 12 heavy (non-hydrogen) atoms. The second-order valence-corrected chi connectivity index (χ2v) is 2.21. The van der Waals surface area contributed by atoms with Crippen LogP contribution in [-0.2, 0) is 14.4 Å². The van der Waals surface area contributed by atoms with Gasteiger partial charge in [0, 0.05) is 18.0 Å². The highest BCUT2D eigenvalue weighted by atomic mass is 35.5. The van der Waals surface area contributed by atoms with Crippen molar-refractivity contribution in [2.45, 2.75) is 19.8 Å². The molecule has 0 saturated heterocycles. The Balaban J connectivity index is 4.05. The lowest BCUT2D eigenvalue weighted by atomic mass is 10.3. The van der Waals surface area contributed by atoms with Crippen molar-refractivity contribution < 1.29 is 19.2 Å². The largest absolute Gasteiger partial charge is 0.428 e. The molecule has 0 aromatic rings. The van der Waals surface area contributed by atoms with E-state index in [9.17, 15) is 14.4 Å². The zero-order valence-corrected chi connectivity index (χ0v) is 7.21. The highest BCUT2D eigenvalue weighted by Gasteiger charge is 2.15. The first kappa shape index (κ1) is 10.9. The first-order chi connectivity index (χ1) is 5.61. The molecule has 0 bridgehead atoms. The average Bonchev–Trinajstić information content (AvgIpc) is 2.00. The molecule has 0 fully saturated rings. The third-order valence-corrected chi connectivity index (χ3v) is 1.04. The lowest BCUT2D eigenvalue weighted by molar-refractivity contribution is -0.168. The summed E-state index contributed by atoms with van der Waals surface area (Å²) in [6, 6.07) is 0. The van der Waals surface area contributed by atoms with Crippen molar-refractivity contribution in [1.82, 2.24) is 5.06 Å². The zero-order chi connectivity index (χ0) is 9.56. The molecule has 0 aromatic heterocycles. The first-order valence-electron chi connectivity index (χ1n) is 3.26. The molecule has 0 aromatic carbocycles. The van der Waals surface area contributed by atoms with Gasteiger partial charge in [-0.2, -0.15) is 0 Å². The Bertz CT molecular complexity index is 194. The molecule has 0 saturated carbocycles. The second kappa shape index (κ2) is 5.54. The third-order valence-electron chi connectivity index (χ3n) is 0.976. The second-order valence-electron chi connectivity index (χ2n) is 1.90. The van der Waals surface area contributed by atoms with Crippen LogP contribution >= 0.6 is 11.6 Å². The van der Waals surface area contributed by atoms with Gasteiger partial charge in [-0.3, -0.25) is 9.59 Å². The Morgan fingerprint density at radius 1 is 1.58 bits per heavy atom. The van der Waals surface area contributed by atoms with E-state index in [0.717, 1.165) is 0 Å². The molecule has 0 aliphatic rings. The van der Waals surface area contributed by atoms with Gasteiger partial charge in [0.25, 0.3) is 12.3 Å². The van der Waals surface area contributed by atoms with Crippen molar-refractivity contribution >= 4 is 29.3 Å². The van der Waals surface area contributed by atoms with E-state index in [1.165, 1.54) is 0 Å². The van der Waals surface area contributed by atoms with Gasteiger partial charge >= 0.3 is 5.43 Å². The number of rotatable bonds is 3. The summed E-state index contributed by atoms with van der Waals surface area (Å²) in [5.41, 5.74) is -1.22. The number of amides is 2. The molecular formula is C6H8ClNO4. The summed E-state index contributed by atoms with van der Waals surface area (Å²) in [6.07, 6.45) is 0.782. The molecule has 0 heterocycles. The summed E-state index contributed by atoms with van der Waals surface area (Å²) in [4.78, 5) is 35.2. The third kappa shape index (κ3) is 3.92. The van der Waals surface area contributed by atoms with Gasteiger partial charge in [-0.05, 0) is 6.42 Å². The molecule has 0 aliphatic carbocycles. The van der Waals surface area contributed by atoms with Crippen LogP contribution in [0.4, 0.5) is 4.79 Å². The molecule has 0 radical (unpaired) electrons. The van der Waals surface area contributed by atoms with Crippen molar-refractivity contribution in [2.75, 3.05) is 0 Å². The maximum absolute atomic E-state index is 10.9.